The van der Waals surface area contributed by atoms with Crippen LogP contribution >= 0.6 is 11.3 Å². The number of para-hydroxylation sites is 1. The predicted molar refractivity (Wildman–Crippen MR) is 95.1 cm³/mol. The fourth-order valence-electron chi connectivity index (χ4n) is 2.84. The Hall–Kier alpha value is -2.73. The summed E-state index contributed by atoms with van der Waals surface area (Å²) in [5, 5.41) is 9.91. The van der Waals surface area contributed by atoms with Crippen molar-refractivity contribution in [2.24, 2.45) is 0 Å². The van der Waals surface area contributed by atoms with Gasteiger partial charge in [-0.2, -0.15) is 10.2 Å². The minimum absolute atomic E-state index is 0.0965. The molecule has 0 aliphatic rings. The molecule has 24 heavy (non-hydrogen) atoms. The Morgan fingerprint density at radius 3 is 2.46 bits per heavy atom. The monoisotopic (exact) mass is 336 g/mol. The summed E-state index contributed by atoms with van der Waals surface area (Å²) in [5.74, 6) is -0.0965. The number of aromatic nitrogens is 4. The van der Waals surface area contributed by atoms with E-state index in [1.807, 2.05) is 67.9 Å². The van der Waals surface area contributed by atoms with E-state index in [0.29, 0.717) is 4.88 Å². The van der Waals surface area contributed by atoms with E-state index in [1.54, 1.807) is 0 Å². The zero-order chi connectivity index (χ0) is 16.8. The lowest BCUT2D eigenvalue weighted by Gasteiger charge is -2.02. The first-order chi connectivity index (χ1) is 11.5. The molecule has 4 aromatic rings. The SMILES string of the molecule is Cc1cc(C)n(C(=O)c2cc3c(C)nn(-c4ccccc4)c3s2)n1. The van der Waals surface area contributed by atoms with Crippen molar-refractivity contribution in [1.82, 2.24) is 19.6 Å². The number of benzene rings is 1. The van der Waals surface area contributed by atoms with Gasteiger partial charge in [-0.15, -0.1) is 11.3 Å². The summed E-state index contributed by atoms with van der Waals surface area (Å²) in [7, 11) is 0. The van der Waals surface area contributed by atoms with E-state index in [0.717, 1.165) is 33.0 Å². The van der Waals surface area contributed by atoms with Gasteiger partial charge in [0.2, 0.25) is 0 Å². The Bertz CT molecular complexity index is 1060. The van der Waals surface area contributed by atoms with Crippen molar-refractivity contribution < 1.29 is 4.79 Å². The molecule has 0 saturated heterocycles. The highest BCUT2D eigenvalue weighted by Gasteiger charge is 2.19. The fraction of sp³-hybridized carbons (Fsp3) is 0.167. The van der Waals surface area contributed by atoms with Gasteiger partial charge in [0.05, 0.1) is 22.0 Å². The minimum Gasteiger partial charge on any atom is -0.266 e. The lowest BCUT2D eigenvalue weighted by Crippen LogP contribution is -2.13. The van der Waals surface area contributed by atoms with E-state index < -0.39 is 0 Å². The van der Waals surface area contributed by atoms with Crippen LogP contribution in [-0.2, 0) is 0 Å². The molecule has 0 saturated carbocycles. The molecule has 0 radical (unpaired) electrons. The summed E-state index contributed by atoms with van der Waals surface area (Å²) in [5.41, 5.74) is 3.59. The van der Waals surface area contributed by atoms with Crippen LogP contribution in [0.1, 0.15) is 26.8 Å². The molecule has 0 aliphatic heterocycles. The number of nitrogens with zero attached hydrogens (tertiary/aromatic N) is 4. The van der Waals surface area contributed by atoms with Crippen LogP contribution in [0.2, 0.25) is 0 Å². The van der Waals surface area contributed by atoms with Crippen LogP contribution in [0, 0.1) is 20.8 Å². The van der Waals surface area contributed by atoms with Gasteiger partial charge in [-0.05, 0) is 45.0 Å². The standard InChI is InChI=1S/C18H16N4OS/c1-11-9-12(2)21(19-11)17(23)16-10-15-13(3)20-22(18(15)24-16)14-7-5-4-6-8-14/h4-10H,1-3H3. The quantitative estimate of drug-likeness (QED) is 0.558. The van der Waals surface area contributed by atoms with Gasteiger partial charge in [0.15, 0.2) is 0 Å². The van der Waals surface area contributed by atoms with E-state index in [4.69, 9.17) is 0 Å². The van der Waals surface area contributed by atoms with Gasteiger partial charge < -0.3 is 0 Å². The van der Waals surface area contributed by atoms with Crippen LogP contribution in [0.4, 0.5) is 0 Å². The number of carbonyl (C=O) groups is 1. The average molecular weight is 336 g/mol. The largest absolute Gasteiger partial charge is 0.288 e. The Morgan fingerprint density at radius 2 is 1.79 bits per heavy atom. The average Bonchev–Trinajstić information content (AvgIpc) is 3.23. The topological polar surface area (TPSA) is 52.7 Å². The smallest absolute Gasteiger partial charge is 0.266 e. The second-order valence-electron chi connectivity index (χ2n) is 5.81. The zero-order valence-electron chi connectivity index (χ0n) is 13.6. The van der Waals surface area contributed by atoms with Crippen LogP contribution in [0.3, 0.4) is 0 Å². The van der Waals surface area contributed by atoms with E-state index in [2.05, 4.69) is 10.2 Å². The molecule has 0 unspecified atom stereocenters. The number of hydrogen-bond acceptors (Lipinski definition) is 4. The van der Waals surface area contributed by atoms with Crippen LogP contribution in [0.15, 0.2) is 42.5 Å². The molecule has 120 valence electrons. The zero-order valence-corrected chi connectivity index (χ0v) is 14.5. The lowest BCUT2D eigenvalue weighted by atomic mass is 10.3. The Labute approximate surface area is 143 Å². The molecule has 0 spiro atoms. The third-order valence-electron chi connectivity index (χ3n) is 3.96. The molecule has 0 bridgehead atoms. The maximum Gasteiger partial charge on any atom is 0.288 e. The third-order valence-corrected chi connectivity index (χ3v) is 5.06. The molecule has 0 fully saturated rings. The van der Waals surface area contributed by atoms with Crippen LogP contribution in [0.25, 0.3) is 15.9 Å². The summed E-state index contributed by atoms with van der Waals surface area (Å²) in [4.78, 5) is 14.4. The predicted octanol–water partition coefficient (Wildman–Crippen LogP) is 3.90. The number of thiophene rings is 1. The van der Waals surface area contributed by atoms with Gasteiger partial charge in [0.25, 0.3) is 5.91 Å². The minimum atomic E-state index is -0.0965. The first kappa shape index (κ1) is 14.8. The molecule has 4 rings (SSSR count). The van der Waals surface area contributed by atoms with Crippen LogP contribution in [0.5, 0.6) is 0 Å². The first-order valence-electron chi connectivity index (χ1n) is 7.67. The Morgan fingerprint density at radius 1 is 1.04 bits per heavy atom. The maximum absolute atomic E-state index is 12.8. The Balaban J connectivity index is 1.85. The Kier molecular flexibility index (Phi) is 3.35. The molecule has 3 aromatic heterocycles. The molecule has 0 amide bonds. The van der Waals surface area contributed by atoms with Gasteiger partial charge in [-0.3, -0.25) is 4.79 Å². The van der Waals surface area contributed by atoms with Crippen LogP contribution in [-0.4, -0.2) is 25.5 Å². The highest BCUT2D eigenvalue weighted by Crippen LogP contribution is 2.31. The molecule has 0 aliphatic carbocycles. The van der Waals surface area contributed by atoms with Gasteiger partial charge in [0, 0.05) is 11.1 Å². The van der Waals surface area contributed by atoms with Crippen molar-refractivity contribution in [2.75, 3.05) is 0 Å². The van der Waals surface area contributed by atoms with E-state index >= 15 is 0 Å². The summed E-state index contributed by atoms with van der Waals surface area (Å²) >= 11 is 1.45. The van der Waals surface area contributed by atoms with Crippen molar-refractivity contribution in [3.05, 3.63) is 64.4 Å². The van der Waals surface area contributed by atoms with Crippen molar-refractivity contribution in [3.63, 3.8) is 0 Å². The molecule has 0 N–H and O–H groups in total. The van der Waals surface area contributed by atoms with Gasteiger partial charge >= 0.3 is 0 Å². The van der Waals surface area contributed by atoms with E-state index in [-0.39, 0.29) is 5.91 Å². The summed E-state index contributed by atoms with van der Waals surface area (Å²) in [6, 6.07) is 13.8. The normalized spacial score (nSPS) is 11.3. The van der Waals surface area contributed by atoms with Gasteiger partial charge in [0.1, 0.15) is 4.83 Å². The summed E-state index contributed by atoms with van der Waals surface area (Å²) in [6.07, 6.45) is 0. The number of aryl methyl sites for hydroxylation is 3. The van der Waals surface area contributed by atoms with Crippen molar-refractivity contribution in [2.45, 2.75) is 20.8 Å². The van der Waals surface area contributed by atoms with E-state index in [9.17, 15) is 4.79 Å². The van der Waals surface area contributed by atoms with E-state index in [1.165, 1.54) is 16.0 Å². The van der Waals surface area contributed by atoms with Gasteiger partial charge in [-0.25, -0.2) is 9.36 Å². The maximum atomic E-state index is 12.8. The lowest BCUT2D eigenvalue weighted by molar-refractivity contribution is 0.0946. The summed E-state index contributed by atoms with van der Waals surface area (Å²) < 4.78 is 3.36. The molecule has 0 atom stereocenters. The second kappa shape index (κ2) is 5.42. The molecular formula is C18H16N4OS. The van der Waals surface area contributed by atoms with Crippen LogP contribution < -0.4 is 0 Å². The molecule has 3 heterocycles. The number of carbonyl (C=O) groups excluding carboxylic acids is 1. The molecule has 6 heteroatoms. The first-order valence-corrected chi connectivity index (χ1v) is 8.49. The van der Waals surface area contributed by atoms with Crippen molar-refractivity contribution in [3.8, 4) is 5.69 Å². The second-order valence-corrected chi connectivity index (χ2v) is 6.84. The molecular weight excluding hydrogens is 320 g/mol. The van der Waals surface area contributed by atoms with Crippen molar-refractivity contribution >= 4 is 27.5 Å². The highest BCUT2D eigenvalue weighted by atomic mass is 32.1. The van der Waals surface area contributed by atoms with Gasteiger partial charge in [-0.1, -0.05) is 18.2 Å². The third kappa shape index (κ3) is 2.27. The fourth-order valence-corrected chi connectivity index (χ4v) is 3.94. The molecule has 5 nitrogen and oxygen atoms in total. The van der Waals surface area contributed by atoms with Crippen molar-refractivity contribution in [1.29, 1.82) is 0 Å². The highest BCUT2D eigenvalue weighted by molar-refractivity contribution is 7.20. The summed E-state index contributed by atoms with van der Waals surface area (Å²) in [6.45, 7) is 5.74. The number of hydrogen-bond donors (Lipinski definition) is 0. The molecule has 1 aromatic carbocycles. The number of rotatable bonds is 2. The number of fused-ring (bicyclic) bond motifs is 1.